The monoisotopic (exact) mass is 465 g/mol. The number of nitrogens with zero attached hydrogens (tertiary/aromatic N) is 3. The smallest absolute Gasteiger partial charge is 0.274 e. The summed E-state index contributed by atoms with van der Waals surface area (Å²) in [5.74, 6) is 0.610. The molecule has 0 radical (unpaired) electrons. The van der Waals surface area contributed by atoms with Crippen molar-refractivity contribution in [3.05, 3.63) is 57.7 Å². The average Bonchev–Trinajstić information content (AvgIpc) is 3.39. The van der Waals surface area contributed by atoms with Crippen molar-refractivity contribution >= 4 is 16.8 Å². The Labute approximate surface area is 195 Å². The van der Waals surface area contributed by atoms with Crippen LogP contribution in [0.3, 0.4) is 0 Å². The van der Waals surface area contributed by atoms with E-state index in [2.05, 4.69) is 20.3 Å². The van der Waals surface area contributed by atoms with E-state index in [0.29, 0.717) is 23.2 Å². The van der Waals surface area contributed by atoms with Crippen LogP contribution in [0.25, 0.3) is 22.2 Å². The van der Waals surface area contributed by atoms with Crippen LogP contribution in [-0.2, 0) is 12.6 Å². The van der Waals surface area contributed by atoms with Gasteiger partial charge in [0.15, 0.2) is 0 Å². The van der Waals surface area contributed by atoms with Gasteiger partial charge in [0.1, 0.15) is 22.6 Å². The zero-order valence-corrected chi connectivity index (χ0v) is 19.9. The molecular formula is C24H27N5O5. The Morgan fingerprint density at radius 2 is 1.97 bits per heavy atom. The first-order chi connectivity index (χ1) is 16.0. The summed E-state index contributed by atoms with van der Waals surface area (Å²) in [4.78, 5) is 36.7. The van der Waals surface area contributed by atoms with Gasteiger partial charge in [0, 0.05) is 54.3 Å². The molecule has 0 atom stereocenters. The Morgan fingerprint density at radius 3 is 2.59 bits per heavy atom. The lowest BCUT2D eigenvalue weighted by Gasteiger charge is -2.11. The predicted octanol–water partition coefficient (Wildman–Crippen LogP) is 3.30. The molecule has 0 fully saturated rings. The number of hydrogen-bond acceptors (Lipinski definition) is 7. The SMILES string of the molecule is CCNC(=O)c1cc2c(-c3oc(C(C)(C)O)nc3Oc3c(C)cncc3C)cn(C)c(=O)c2[nH]1. The molecule has 0 aliphatic heterocycles. The Kier molecular flexibility index (Phi) is 5.78. The number of carbonyl (C=O) groups excluding carboxylic acids is 1. The van der Waals surface area contributed by atoms with E-state index in [1.165, 1.54) is 4.57 Å². The van der Waals surface area contributed by atoms with E-state index in [9.17, 15) is 14.7 Å². The van der Waals surface area contributed by atoms with E-state index in [4.69, 9.17) is 9.15 Å². The highest BCUT2D eigenvalue weighted by Crippen LogP contribution is 2.40. The third kappa shape index (κ3) is 4.08. The van der Waals surface area contributed by atoms with Gasteiger partial charge in [-0.05, 0) is 40.7 Å². The summed E-state index contributed by atoms with van der Waals surface area (Å²) in [6, 6.07) is 1.59. The van der Waals surface area contributed by atoms with Crippen molar-refractivity contribution in [3.8, 4) is 23.0 Å². The topological polar surface area (TPSA) is 135 Å². The van der Waals surface area contributed by atoms with Gasteiger partial charge in [-0.3, -0.25) is 14.6 Å². The molecule has 0 aromatic carbocycles. The van der Waals surface area contributed by atoms with Crippen LogP contribution in [0.4, 0.5) is 0 Å². The molecule has 0 bridgehead atoms. The van der Waals surface area contributed by atoms with Crippen LogP contribution in [0.2, 0.25) is 0 Å². The van der Waals surface area contributed by atoms with Crippen LogP contribution < -0.4 is 15.6 Å². The van der Waals surface area contributed by atoms with Gasteiger partial charge >= 0.3 is 0 Å². The first-order valence-electron chi connectivity index (χ1n) is 10.8. The van der Waals surface area contributed by atoms with E-state index in [1.807, 2.05) is 20.8 Å². The lowest BCUT2D eigenvalue weighted by molar-refractivity contribution is 0.0489. The van der Waals surface area contributed by atoms with Crippen molar-refractivity contribution in [1.82, 2.24) is 24.8 Å². The molecule has 3 N–H and O–H groups in total. The summed E-state index contributed by atoms with van der Waals surface area (Å²) < 4.78 is 13.6. The molecule has 4 heterocycles. The van der Waals surface area contributed by atoms with Gasteiger partial charge in [-0.1, -0.05) is 0 Å². The Hall–Kier alpha value is -3.92. The highest BCUT2D eigenvalue weighted by molar-refractivity contribution is 6.02. The molecule has 34 heavy (non-hydrogen) atoms. The number of aromatic nitrogens is 4. The van der Waals surface area contributed by atoms with Crippen molar-refractivity contribution in [3.63, 3.8) is 0 Å². The normalized spacial score (nSPS) is 11.7. The van der Waals surface area contributed by atoms with Crippen LogP contribution in [0.1, 0.15) is 48.3 Å². The summed E-state index contributed by atoms with van der Waals surface area (Å²) in [7, 11) is 1.60. The third-order valence-corrected chi connectivity index (χ3v) is 5.36. The molecule has 0 aliphatic rings. The molecule has 178 valence electrons. The minimum Gasteiger partial charge on any atom is -0.435 e. The van der Waals surface area contributed by atoms with Gasteiger partial charge in [-0.2, -0.15) is 4.98 Å². The van der Waals surface area contributed by atoms with Crippen LogP contribution in [0, 0.1) is 13.8 Å². The molecule has 10 nitrogen and oxygen atoms in total. The number of hydrogen-bond donors (Lipinski definition) is 3. The second-order valence-corrected chi connectivity index (χ2v) is 8.71. The number of pyridine rings is 2. The first kappa shape index (κ1) is 23.2. The van der Waals surface area contributed by atoms with Crippen LogP contribution in [-0.4, -0.2) is 37.1 Å². The minimum absolute atomic E-state index is 0.0448. The number of aromatic amines is 1. The summed E-state index contributed by atoms with van der Waals surface area (Å²) in [5.41, 5.74) is 0.861. The summed E-state index contributed by atoms with van der Waals surface area (Å²) in [5, 5.41) is 13.7. The van der Waals surface area contributed by atoms with Gasteiger partial charge in [0.2, 0.25) is 11.7 Å². The molecule has 4 aromatic rings. The van der Waals surface area contributed by atoms with Crippen LogP contribution in [0.5, 0.6) is 11.6 Å². The highest BCUT2D eigenvalue weighted by atomic mass is 16.5. The highest BCUT2D eigenvalue weighted by Gasteiger charge is 2.30. The quantitative estimate of drug-likeness (QED) is 0.397. The fourth-order valence-corrected chi connectivity index (χ4v) is 3.65. The molecule has 4 aromatic heterocycles. The number of H-pyrrole nitrogens is 1. The number of rotatable bonds is 6. The van der Waals surface area contributed by atoms with E-state index in [1.54, 1.807) is 45.6 Å². The average molecular weight is 466 g/mol. The van der Waals surface area contributed by atoms with Crippen molar-refractivity contribution < 1.29 is 19.1 Å². The number of nitrogens with one attached hydrogen (secondary N) is 2. The number of fused-ring (bicyclic) bond motifs is 1. The maximum Gasteiger partial charge on any atom is 0.274 e. The second-order valence-electron chi connectivity index (χ2n) is 8.71. The number of amides is 1. The zero-order valence-electron chi connectivity index (χ0n) is 19.9. The Morgan fingerprint density at radius 1 is 1.29 bits per heavy atom. The zero-order chi connectivity index (χ0) is 24.8. The molecule has 0 spiro atoms. The van der Waals surface area contributed by atoms with Gasteiger partial charge < -0.3 is 29.1 Å². The van der Waals surface area contributed by atoms with Gasteiger partial charge in [0.05, 0.1) is 0 Å². The number of aliphatic hydroxyl groups is 1. The molecule has 4 rings (SSSR count). The van der Waals surface area contributed by atoms with Crippen LogP contribution in [0.15, 0.2) is 33.9 Å². The minimum atomic E-state index is -1.39. The fraction of sp³-hybridized carbons (Fsp3) is 0.333. The van der Waals surface area contributed by atoms with E-state index in [-0.39, 0.29) is 40.2 Å². The van der Waals surface area contributed by atoms with Gasteiger partial charge in [-0.15, -0.1) is 0 Å². The Bertz CT molecular complexity index is 1430. The van der Waals surface area contributed by atoms with E-state index >= 15 is 0 Å². The number of aryl methyl sites for hydroxylation is 3. The van der Waals surface area contributed by atoms with Crippen LogP contribution >= 0.6 is 0 Å². The van der Waals surface area contributed by atoms with Crippen molar-refractivity contribution in [1.29, 1.82) is 0 Å². The summed E-state index contributed by atoms with van der Waals surface area (Å²) in [6.07, 6.45) is 4.94. The fourth-order valence-electron chi connectivity index (χ4n) is 3.65. The summed E-state index contributed by atoms with van der Waals surface area (Å²) in [6.45, 7) is 9.08. The summed E-state index contributed by atoms with van der Waals surface area (Å²) >= 11 is 0. The number of carbonyl (C=O) groups is 1. The maximum atomic E-state index is 12.8. The molecule has 10 heteroatoms. The lowest BCUT2D eigenvalue weighted by atomic mass is 10.1. The van der Waals surface area contributed by atoms with E-state index in [0.717, 1.165) is 11.1 Å². The van der Waals surface area contributed by atoms with Crippen molar-refractivity contribution in [2.75, 3.05) is 6.54 Å². The molecule has 1 amide bonds. The van der Waals surface area contributed by atoms with Crippen molar-refractivity contribution in [2.24, 2.45) is 7.05 Å². The standard InChI is InChI=1S/C24H27N5O5/c1-7-26-20(30)16-8-14-15(11-29(6)22(31)17(14)27-16)19-21(28-23(34-19)24(4,5)32)33-18-12(2)9-25-10-13(18)3/h8-11,27,32H,7H2,1-6H3,(H,26,30). The lowest BCUT2D eigenvalue weighted by Crippen LogP contribution is -2.23. The first-order valence-corrected chi connectivity index (χ1v) is 10.8. The van der Waals surface area contributed by atoms with E-state index < -0.39 is 5.60 Å². The molecule has 0 aliphatic carbocycles. The largest absolute Gasteiger partial charge is 0.435 e. The number of oxazole rings is 1. The van der Waals surface area contributed by atoms with Crippen molar-refractivity contribution in [2.45, 2.75) is 40.2 Å². The third-order valence-electron chi connectivity index (χ3n) is 5.36. The Balaban J connectivity index is 1.97. The second kappa shape index (κ2) is 8.45. The molecule has 0 unspecified atom stereocenters. The van der Waals surface area contributed by atoms with Gasteiger partial charge in [0.25, 0.3) is 17.3 Å². The molecule has 0 saturated carbocycles. The predicted molar refractivity (Wildman–Crippen MR) is 126 cm³/mol. The molecule has 0 saturated heterocycles. The number of ether oxygens (including phenoxy) is 1. The van der Waals surface area contributed by atoms with Gasteiger partial charge in [-0.25, -0.2) is 0 Å². The molecular weight excluding hydrogens is 438 g/mol. The maximum absolute atomic E-state index is 12.8.